The number of thiazole rings is 1. The topological polar surface area (TPSA) is 85.4 Å². The number of aromatic nitrogens is 1. The fourth-order valence-corrected chi connectivity index (χ4v) is 4.85. The molecule has 0 fully saturated rings. The zero-order valence-corrected chi connectivity index (χ0v) is 16.9. The molecular weight excluding hydrogens is 396 g/mol. The molecule has 0 unspecified atom stereocenters. The Hall–Kier alpha value is -2.71. The van der Waals surface area contributed by atoms with Crippen molar-refractivity contribution >= 4 is 32.8 Å². The second-order valence-electron chi connectivity index (χ2n) is 6.01. The van der Waals surface area contributed by atoms with Crippen LogP contribution in [-0.2, 0) is 26.8 Å². The Morgan fingerprint density at radius 3 is 2.57 bits per heavy atom. The van der Waals surface area contributed by atoms with Crippen LogP contribution < -0.4 is 10.1 Å². The van der Waals surface area contributed by atoms with Crippen molar-refractivity contribution in [3.8, 4) is 5.75 Å². The molecule has 2 aromatic carbocycles. The zero-order chi connectivity index (χ0) is 20.0. The van der Waals surface area contributed by atoms with Gasteiger partial charge < -0.3 is 10.1 Å². The number of nitrogens with zero attached hydrogens (tertiary/aromatic N) is 1. The molecule has 0 spiro atoms. The molecule has 8 heteroatoms. The maximum Gasteiger partial charge on any atom is 0.262 e. The van der Waals surface area contributed by atoms with Crippen LogP contribution in [0.25, 0.3) is 0 Å². The molecule has 0 saturated carbocycles. The summed E-state index contributed by atoms with van der Waals surface area (Å²) in [4.78, 5) is 16.3. The summed E-state index contributed by atoms with van der Waals surface area (Å²) in [6.45, 7) is 1.90. The highest BCUT2D eigenvalue weighted by molar-refractivity contribution is 7.90. The number of anilines is 1. The highest BCUT2D eigenvalue weighted by atomic mass is 32.2. The minimum absolute atomic E-state index is 0.124. The summed E-state index contributed by atoms with van der Waals surface area (Å²) in [5, 5.41) is 4.99. The maximum absolute atomic E-state index is 12.4. The second kappa shape index (κ2) is 8.99. The number of rotatable bonds is 8. The molecule has 6 nitrogen and oxygen atoms in total. The standard InChI is InChI=1S/C20H20N2O4S2/c1-2-15-5-3-4-6-18(15)26-13-19(23)22-16-7-9-17(10-8-16)28(24,25)14-20-21-11-12-27-20/h3-12H,2,13-14H2,1H3,(H,22,23). The Kier molecular flexibility index (Phi) is 6.43. The lowest BCUT2D eigenvalue weighted by molar-refractivity contribution is -0.118. The molecule has 1 aromatic heterocycles. The lowest BCUT2D eigenvalue weighted by Gasteiger charge is -2.11. The maximum atomic E-state index is 12.4. The molecule has 3 aromatic rings. The average molecular weight is 417 g/mol. The predicted molar refractivity (Wildman–Crippen MR) is 109 cm³/mol. The van der Waals surface area contributed by atoms with Crippen LogP contribution >= 0.6 is 11.3 Å². The van der Waals surface area contributed by atoms with Gasteiger partial charge in [-0.25, -0.2) is 13.4 Å². The van der Waals surface area contributed by atoms with Gasteiger partial charge in [-0.2, -0.15) is 0 Å². The van der Waals surface area contributed by atoms with Crippen LogP contribution in [0.4, 0.5) is 5.69 Å². The summed E-state index contributed by atoms with van der Waals surface area (Å²) in [5.41, 5.74) is 1.54. The van der Waals surface area contributed by atoms with Crippen LogP contribution in [0.3, 0.4) is 0 Å². The van der Waals surface area contributed by atoms with E-state index in [2.05, 4.69) is 10.3 Å². The molecule has 0 aliphatic rings. The first kappa shape index (κ1) is 20.0. The van der Waals surface area contributed by atoms with Gasteiger partial charge in [-0.1, -0.05) is 25.1 Å². The zero-order valence-electron chi connectivity index (χ0n) is 15.3. The van der Waals surface area contributed by atoms with Crippen molar-refractivity contribution in [2.75, 3.05) is 11.9 Å². The van der Waals surface area contributed by atoms with E-state index in [4.69, 9.17) is 4.74 Å². The molecule has 146 valence electrons. The first-order valence-electron chi connectivity index (χ1n) is 8.69. The fraction of sp³-hybridized carbons (Fsp3) is 0.200. The lowest BCUT2D eigenvalue weighted by atomic mass is 10.1. The van der Waals surface area contributed by atoms with Gasteiger partial charge in [-0.15, -0.1) is 11.3 Å². The van der Waals surface area contributed by atoms with Crippen molar-refractivity contribution in [3.63, 3.8) is 0 Å². The summed E-state index contributed by atoms with van der Waals surface area (Å²) in [6.07, 6.45) is 2.39. The number of ether oxygens (including phenoxy) is 1. The molecule has 0 atom stereocenters. The Labute approximate surface area is 168 Å². The van der Waals surface area contributed by atoms with Gasteiger partial charge in [0.05, 0.1) is 4.90 Å². The highest BCUT2D eigenvalue weighted by Gasteiger charge is 2.17. The van der Waals surface area contributed by atoms with Crippen molar-refractivity contribution in [2.24, 2.45) is 0 Å². The third-order valence-corrected chi connectivity index (χ3v) is 6.61. The van der Waals surface area contributed by atoms with Crippen molar-refractivity contribution in [3.05, 3.63) is 70.7 Å². The van der Waals surface area contributed by atoms with Gasteiger partial charge in [0.25, 0.3) is 5.91 Å². The van der Waals surface area contributed by atoms with Crippen molar-refractivity contribution in [1.29, 1.82) is 0 Å². The van der Waals surface area contributed by atoms with Crippen molar-refractivity contribution in [2.45, 2.75) is 24.0 Å². The molecule has 1 heterocycles. The molecule has 1 amide bonds. The van der Waals surface area contributed by atoms with E-state index in [1.807, 2.05) is 31.2 Å². The Balaban J connectivity index is 1.58. The largest absolute Gasteiger partial charge is 0.483 e. The number of amides is 1. The second-order valence-corrected chi connectivity index (χ2v) is 8.98. The van der Waals surface area contributed by atoms with E-state index in [9.17, 15) is 13.2 Å². The number of carbonyl (C=O) groups excluding carboxylic acids is 1. The van der Waals surface area contributed by atoms with E-state index >= 15 is 0 Å². The Morgan fingerprint density at radius 1 is 1.14 bits per heavy atom. The smallest absolute Gasteiger partial charge is 0.262 e. The van der Waals surface area contributed by atoms with Crippen LogP contribution in [0.2, 0.25) is 0 Å². The molecule has 1 N–H and O–H groups in total. The SMILES string of the molecule is CCc1ccccc1OCC(=O)Nc1ccc(S(=O)(=O)Cc2nccs2)cc1. The van der Waals surface area contributed by atoms with Crippen molar-refractivity contribution < 1.29 is 17.9 Å². The molecule has 3 rings (SSSR count). The number of sulfone groups is 1. The predicted octanol–water partition coefficient (Wildman–Crippen LogP) is 3.70. The van der Waals surface area contributed by atoms with Crippen LogP contribution in [0.1, 0.15) is 17.5 Å². The van der Waals surface area contributed by atoms with Gasteiger partial charge in [-0.3, -0.25) is 4.79 Å². The Bertz CT molecular complexity index is 1030. The number of benzene rings is 2. The summed E-state index contributed by atoms with van der Waals surface area (Å²) in [7, 11) is -3.47. The van der Waals surface area contributed by atoms with Gasteiger partial charge in [0.15, 0.2) is 16.4 Å². The first-order chi connectivity index (χ1) is 13.5. The molecule has 0 bridgehead atoms. The van der Waals surface area contributed by atoms with E-state index < -0.39 is 9.84 Å². The van der Waals surface area contributed by atoms with E-state index in [-0.39, 0.29) is 23.2 Å². The third-order valence-electron chi connectivity index (χ3n) is 4.01. The summed E-state index contributed by atoms with van der Waals surface area (Å²) < 4.78 is 30.4. The van der Waals surface area contributed by atoms with Crippen LogP contribution in [0.15, 0.2) is 65.0 Å². The minimum Gasteiger partial charge on any atom is -0.483 e. The summed E-state index contributed by atoms with van der Waals surface area (Å²) in [6, 6.07) is 13.6. The molecular formula is C20H20N2O4S2. The lowest BCUT2D eigenvalue weighted by Crippen LogP contribution is -2.20. The fourth-order valence-electron chi connectivity index (χ4n) is 2.59. The summed E-state index contributed by atoms with van der Waals surface area (Å²) in [5.74, 6) is 0.231. The highest BCUT2D eigenvalue weighted by Crippen LogP contribution is 2.21. The molecule has 0 aliphatic carbocycles. The quantitative estimate of drug-likeness (QED) is 0.605. The number of carbonyl (C=O) groups is 1. The van der Waals surface area contributed by atoms with Gasteiger partial charge in [0, 0.05) is 17.3 Å². The molecule has 0 saturated heterocycles. The monoisotopic (exact) mass is 416 g/mol. The van der Waals surface area contributed by atoms with E-state index in [0.717, 1.165) is 12.0 Å². The number of aryl methyl sites for hydroxylation is 1. The minimum atomic E-state index is -3.47. The molecule has 0 radical (unpaired) electrons. The Morgan fingerprint density at radius 2 is 1.89 bits per heavy atom. The molecule has 0 aliphatic heterocycles. The van der Waals surface area contributed by atoms with Crippen LogP contribution in [0, 0.1) is 0 Å². The first-order valence-corrected chi connectivity index (χ1v) is 11.2. The number of hydrogen-bond acceptors (Lipinski definition) is 6. The van der Waals surface area contributed by atoms with Crippen molar-refractivity contribution in [1.82, 2.24) is 4.98 Å². The summed E-state index contributed by atoms with van der Waals surface area (Å²) >= 11 is 1.30. The number of para-hydroxylation sites is 1. The molecule has 28 heavy (non-hydrogen) atoms. The van der Waals surface area contributed by atoms with Gasteiger partial charge in [0.1, 0.15) is 16.5 Å². The van der Waals surface area contributed by atoms with E-state index in [1.165, 1.54) is 23.5 Å². The number of nitrogens with one attached hydrogen (secondary N) is 1. The van der Waals surface area contributed by atoms with Crippen LogP contribution in [0.5, 0.6) is 5.75 Å². The van der Waals surface area contributed by atoms with Gasteiger partial charge >= 0.3 is 0 Å². The number of hydrogen-bond donors (Lipinski definition) is 1. The van der Waals surface area contributed by atoms with E-state index in [0.29, 0.717) is 16.4 Å². The average Bonchev–Trinajstić information content (AvgIpc) is 3.19. The van der Waals surface area contributed by atoms with Gasteiger partial charge in [0.2, 0.25) is 0 Å². The normalized spacial score (nSPS) is 11.2. The van der Waals surface area contributed by atoms with Crippen LogP contribution in [-0.4, -0.2) is 25.9 Å². The van der Waals surface area contributed by atoms with Gasteiger partial charge in [-0.05, 0) is 42.3 Å². The van der Waals surface area contributed by atoms with E-state index in [1.54, 1.807) is 23.7 Å². The third kappa shape index (κ3) is 5.17.